The van der Waals surface area contributed by atoms with Crippen LogP contribution in [0, 0.1) is 11.6 Å². The van der Waals surface area contributed by atoms with E-state index in [2.05, 4.69) is 10.6 Å². The molecule has 2 amide bonds. The van der Waals surface area contributed by atoms with E-state index in [1.165, 1.54) is 33.5 Å². The van der Waals surface area contributed by atoms with Crippen molar-refractivity contribution < 1.29 is 37.7 Å². The Morgan fingerprint density at radius 1 is 0.853 bits per heavy atom. The predicted octanol–water partition coefficient (Wildman–Crippen LogP) is 3.88. The van der Waals surface area contributed by atoms with Crippen molar-refractivity contribution in [2.45, 2.75) is 6.54 Å². The molecule has 10 heteroatoms. The van der Waals surface area contributed by atoms with Crippen molar-refractivity contribution in [3.63, 3.8) is 0 Å². The van der Waals surface area contributed by atoms with Gasteiger partial charge in [-0.15, -0.1) is 0 Å². The fourth-order valence-electron chi connectivity index (χ4n) is 3.21. The molecule has 0 aliphatic rings. The van der Waals surface area contributed by atoms with Gasteiger partial charge >= 0.3 is 0 Å². The first kappa shape index (κ1) is 24.3. The maximum atomic E-state index is 13.3. The van der Waals surface area contributed by atoms with E-state index >= 15 is 0 Å². The summed E-state index contributed by atoms with van der Waals surface area (Å²) in [6, 6.07) is 9.51. The highest BCUT2D eigenvalue weighted by Gasteiger charge is 2.17. The van der Waals surface area contributed by atoms with Gasteiger partial charge in [-0.05, 0) is 24.3 Å². The monoisotopic (exact) mass is 472 g/mol. The molecule has 3 aromatic carbocycles. The lowest BCUT2D eigenvalue weighted by Gasteiger charge is -2.16. The summed E-state index contributed by atoms with van der Waals surface area (Å²) in [4.78, 5) is 24.9. The molecule has 178 valence electrons. The Bertz CT molecular complexity index is 1190. The Morgan fingerprint density at radius 3 is 2.00 bits per heavy atom. The fraction of sp³-hybridized carbons (Fsp3) is 0.167. The fourth-order valence-corrected chi connectivity index (χ4v) is 3.21. The van der Waals surface area contributed by atoms with Crippen LogP contribution in [0.25, 0.3) is 0 Å². The summed E-state index contributed by atoms with van der Waals surface area (Å²) < 4.78 is 42.6. The first-order chi connectivity index (χ1) is 16.2. The van der Waals surface area contributed by atoms with Crippen LogP contribution in [-0.4, -0.2) is 38.3 Å². The molecule has 0 spiro atoms. The van der Waals surface area contributed by atoms with E-state index in [1.54, 1.807) is 12.1 Å². The minimum Gasteiger partial charge on any atom is -0.507 e. The van der Waals surface area contributed by atoms with Gasteiger partial charge in [0, 0.05) is 35.5 Å². The molecule has 0 radical (unpaired) electrons. The number of amides is 2. The second-order valence-corrected chi connectivity index (χ2v) is 7.04. The van der Waals surface area contributed by atoms with E-state index < -0.39 is 29.2 Å². The molecule has 0 aliphatic heterocycles. The number of aromatic hydroxyl groups is 1. The number of phenols is 1. The Balaban J connectivity index is 1.73. The quantitative estimate of drug-likeness (QED) is 0.460. The molecule has 0 aliphatic carbocycles. The normalized spacial score (nSPS) is 10.4. The van der Waals surface area contributed by atoms with E-state index in [-0.39, 0.29) is 23.4 Å². The zero-order valence-electron chi connectivity index (χ0n) is 18.6. The molecule has 0 bridgehead atoms. The van der Waals surface area contributed by atoms with Gasteiger partial charge < -0.3 is 30.0 Å². The molecule has 3 aromatic rings. The Hall–Kier alpha value is -4.34. The number of hydrogen-bond donors (Lipinski definition) is 3. The van der Waals surface area contributed by atoms with Crippen molar-refractivity contribution in [1.82, 2.24) is 5.32 Å². The lowest BCUT2D eigenvalue weighted by molar-refractivity contribution is 0.0947. The Labute approximate surface area is 194 Å². The van der Waals surface area contributed by atoms with Crippen molar-refractivity contribution in [2.24, 2.45) is 0 Å². The van der Waals surface area contributed by atoms with Crippen LogP contribution in [-0.2, 0) is 6.54 Å². The number of nitrogens with one attached hydrogen (secondary N) is 2. The maximum absolute atomic E-state index is 13.3. The highest BCUT2D eigenvalue weighted by atomic mass is 19.1. The third-order valence-electron chi connectivity index (χ3n) is 4.87. The van der Waals surface area contributed by atoms with Gasteiger partial charge in [-0.2, -0.15) is 0 Å². The smallest absolute Gasteiger partial charge is 0.255 e. The summed E-state index contributed by atoms with van der Waals surface area (Å²) in [5, 5.41) is 15.4. The first-order valence-corrected chi connectivity index (χ1v) is 9.93. The number of rotatable bonds is 8. The van der Waals surface area contributed by atoms with E-state index in [1.807, 2.05) is 0 Å². The van der Waals surface area contributed by atoms with Crippen molar-refractivity contribution >= 4 is 17.5 Å². The van der Waals surface area contributed by atoms with Gasteiger partial charge in [0.05, 0.1) is 39.0 Å². The number of benzene rings is 3. The molecule has 3 rings (SSSR count). The average Bonchev–Trinajstić information content (AvgIpc) is 2.81. The highest BCUT2D eigenvalue weighted by molar-refractivity contribution is 6.05. The molecule has 0 aromatic heterocycles. The molecule has 34 heavy (non-hydrogen) atoms. The molecular weight excluding hydrogens is 450 g/mol. The van der Waals surface area contributed by atoms with Crippen molar-refractivity contribution in [1.29, 1.82) is 0 Å². The van der Waals surface area contributed by atoms with E-state index in [0.29, 0.717) is 28.9 Å². The van der Waals surface area contributed by atoms with Gasteiger partial charge in [0.1, 0.15) is 34.6 Å². The Kier molecular flexibility index (Phi) is 7.52. The van der Waals surface area contributed by atoms with Gasteiger partial charge in [-0.25, -0.2) is 8.78 Å². The summed E-state index contributed by atoms with van der Waals surface area (Å²) in [5.41, 5.74) is 0.398. The zero-order chi connectivity index (χ0) is 24.8. The van der Waals surface area contributed by atoms with Gasteiger partial charge in [0.15, 0.2) is 0 Å². The van der Waals surface area contributed by atoms with Gasteiger partial charge in [-0.1, -0.05) is 0 Å². The number of methoxy groups -OCH3 is 3. The summed E-state index contributed by atoms with van der Waals surface area (Å²) in [7, 11) is 4.44. The SMILES string of the molecule is COc1cc(OC)c(CNC(=O)c2ccc(NC(=O)c3cc(F)cc(F)c3)cc2O)c(OC)c1. The number of hydrogen-bond acceptors (Lipinski definition) is 6. The minimum atomic E-state index is -0.898. The molecule has 0 fully saturated rings. The molecule has 0 saturated heterocycles. The maximum Gasteiger partial charge on any atom is 0.255 e. The summed E-state index contributed by atoms with van der Waals surface area (Å²) in [6.45, 7) is 0.0260. The average molecular weight is 472 g/mol. The number of halogens is 2. The topological polar surface area (TPSA) is 106 Å². The van der Waals surface area contributed by atoms with Crippen molar-refractivity contribution in [3.8, 4) is 23.0 Å². The predicted molar refractivity (Wildman–Crippen MR) is 120 cm³/mol. The van der Waals surface area contributed by atoms with Crippen LogP contribution in [0.2, 0.25) is 0 Å². The Morgan fingerprint density at radius 2 is 1.47 bits per heavy atom. The van der Waals surface area contributed by atoms with Crippen molar-refractivity contribution in [2.75, 3.05) is 26.6 Å². The van der Waals surface area contributed by atoms with Gasteiger partial charge in [0.25, 0.3) is 11.8 Å². The third-order valence-corrected chi connectivity index (χ3v) is 4.87. The minimum absolute atomic E-state index is 0.0260. The zero-order valence-corrected chi connectivity index (χ0v) is 18.6. The standard InChI is InChI=1S/C24H22F2N2O6/c1-32-17-10-21(33-2)19(22(11-17)34-3)12-27-24(31)18-5-4-16(9-20(18)29)28-23(30)13-6-14(25)8-15(26)7-13/h4-11,29H,12H2,1-3H3,(H,27,31)(H,28,30). The summed E-state index contributed by atoms with van der Waals surface area (Å²) in [6.07, 6.45) is 0. The number of carbonyl (C=O) groups excluding carboxylic acids is 2. The van der Waals surface area contributed by atoms with Crippen LogP contribution < -0.4 is 24.8 Å². The first-order valence-electron chi connectivity index (χ1n) is 9.93. The van der Waals surface area contributed by atoms with Crippen LogP contribution in [0.5, 0.6) is 23.0 Å². The molecular formula is C24H22F2N2O6. The second kappa shape index (κ2) is 10.5. The van der Waals surface area contributed by atoms with E-state index in [4.69, 9.17) is 14.2 Å². The molecule has 0 saturated carbocycles. The van der Waals surface area contributed by atoms with Crippen LogP contribution in [0.15, 0.2) is 48.5 Å². The van der Waals surface area contributed by atoms with Gasteiger partial charge in [0.2, 0.25) is 0 Å². The van der Waals surface area contributed by atoms with Crippen LogP contribution in [0.4, 0.5) is 14.5 Å². The summed E-state index contributed by atoms with van der Waals surface area (Å²) in [5.74, 6) is -2.19. The third kappa shape index (κ3) is 5.52. The number of anilines is 1. The van der Waals surface area contributed by atoms with Crippen LogP contribution in [0.1, 0.15) is 26.3 Å². The molecule has 0 heterocycles. The number of ether oxygens (including phenoxy) is 3. The summed E-state index contributed by atoms with van der Waals surface area (Å²) >= 11 is 0. The lowest BCUT2D eigenvalue weighted by atomic mass is 10.1. The van der Waals surface area contributed by atoms with Crippen LogP contribution in [0.3, 0.4) is 0 Å². The highest BCUT2D eigenvalue weighted by Crippen LogP contribution is 2.34. The van der Waals surface area contributed by atoms with E-state index in [0.717, 1.165) is 18.2 Å². The van der Waals surface area contributed by atoms with Gasteiger partial charge in [-0.3, -0.25) is 9.59 Å². The number of carbonyl (C=O) groups is 2. The second-order valence-electron chi connectivity index (χ2n) is 7.04. The number of phenolic OH excluding ortho intramolecular Hbond substituents is 1. The van der Waals surface area contributed by atoms with Crippen molar-refractivity contribution in [3.05, 3.63) is 76.9 Å². The lowest BCUT2D eigenvalue weighted by Crippen LogP contribution is -2.23. The largest absolute Gasteiger partial charge is 0.507 e. The molecule has 3 N–H and O–H groups in total. The molecule has 0 atom stereocenters. The molecule has 8 nitrogen and oxygen atoms in total. The molecule has 0 unspecified atom stereocenters. The van der Waals surface area contributed by atoms with E-state index in [9.17, 15) is 23.5 Å². The van der Waals surface area contributed by atoms with Crippen LogP contribution >= 0.6 is 0 Å².